The third kappa shape index (κ3) is 2.55. The van der Waals surface area contributed by atoms with Crippen LogP contribution in [0.1, 0.15) is 17.2 Å². The predicted molar refractivity (Wildman–Crippen MR) is 69.6 cm³/mol. The van der Waals surface area contributed by atoms with Gasteiger partial charge in [-0.1, -0.05) is 33.6 Å². The summed E-state index contributed by atoms with van der Waals surface area (Å²) in [5, 5.41) is 10.3. The summed E-state index contributed by atoms with van der Waals surface area (Å²) in [5.41, 5.74) is 0.160. The second kappa shape index (κ2) is 5.34. The zero-order valence-corrected chi connectivity index (χ0v) is 11.3. The fourth-order valence-electron chi connectivity index (χ4n) is 1.65. The van der Waals surface area contributed by atoms with Gasteiger partial charge in [0.05, 0.1) is 0 Å². The van der Waals surface area contributed by atoms with Crippen molar-refractivity contribution in [2.75, 3.05) is 0 Å². The van der Waals surface area contributed by atoms with E-state index in [2.05, 4.69) is 15.9 Å². The topological polar surface area (TPSA) is 20.2 Å². The van der Waals surface area contributed by atoms with E-state index in [1.165, 1.54) is 24.3 Å². The van der Waals surface area contributed by atoms with E-state index in [0.717, 1.165) is 6.07 Å². The van der Waals surface area contributed by atoms with Gasteiger partial charge in [0.25, 0.3) is 0 Å². The van der Waals surface area contributed by atoms with E-state index < -0.39 is 17.7 Å². The molecule has 0 bridgehead atoms. The van der Waals surface area contributed by atoms with Crippen LogP contribution in [0.25, 0.3) is 0 Å². The first-order valence-electron chi connectivity index (χ1n) is 5.07. The molecule has 0 aliphatic heterocycles. The summed E-state index contributed by atoms with van der Waals surface area (Å²) in [5.74, 6) is -1.13. The van der Waals surface area contributed by atoms with Gasteiger partial charge in [-0.05, 0) is 30.3 Å². The van der Waals surface area contributed by atoms with Crippen LogP contribution in [-0.4, -0.2) is 5.11 Å². The minimum atomic E-state index is -1.33. The summed E-state index contributed by atoms with van der Waals surface area (Å²) in [7, 11) is 0. The molecular weight excluding hydrogens is 325 g/mol. The molecule has 0 aliphatic rings. The minimum absolute atomic E-state index is 0.0324. The summed E-state index contributed by atoms with van der Waals surface area (Å²) >= 11 is 9.03. The predicted octanol–water partition coefficient (Wildman–Crippen LogP) is 4.46. The van der Waals surface area contributed by atoms with Gasteiger partial charge in [-0.15, -0.1) is 0 Å². The molecule has 0 aliphatic carbocycles. The third-order valence-corrected chi connectivity index (χ3v) is 3.56. The van der Waals surface area contributed by atoms with E-state index in [4.69, 9.17) is 11.6 Å². The molecule has 18 heavy (non-hydrogen) atoms. The molecule has 5 heteroatoms. The zero-order chi connectivity index (χ0) is 13.3. The summed E-state index contributed by atoms with van der Waals surface area (Å²) in [6, 6.07) is 7.90. The third-order valence-electron chi connectivity index (χ3n) is 2.53. The average Bonchev–Trinajstić information content (AvgIpc) is 2.32. The molecule has 0 saturated carbocycles. The number of hydrogen-bond donors (Lipinski definition) is 1. The molecule has 2 aromatic carbocycles. The molecule has 0 amide bonds. The molecule has 0 radical (unpaired) electrons. The van der Waals surface area contributed by atoms with Crippen LogP contribution in [0.3, 0.4) is 0 Å². The standard InChI is InChI=1S/C13H8BrClF2O/c14-9-2-1-3-11(17)12(9)13(18)8-6-7(16)4-5-10(8)15/h1-6,13,18H. The largest absolute Gasteiger partial charge is 0.383 e. The molecule has 0 heterocycles. The highest BCUT2D eigenvalue weighted by molar-refractivity contribution is 9.10. The Morgan fingerprint density at radius 3 is 2.56 bits per heavy atom. The lowest BCUT2D eigenvalue weighted by molar-refractivity contribution is 0.213. The monoisotopic (exact) mass is 332 g/mol. The number of halogens is 4. The SMILES string of the molecule is OC(c1cc(F)ccc1Cl)c1c(F)cccc1Br. The summed E-state index contributed by atoms with van der Waals surface area (Å²) in [6.45, 7) is 0. The normalized spacial score (nSPS) is 12.5. The molecule has 1 nitrogen and oxygen atoms in total. The van der Waals surface area contributed by atoms with Crippen molar-refractivity contribution in [3.8, 4) is 0 Å². The second-order valence-electron chi connectivity index (χ2n) is 3.70. The van der Waals surface area contributed by atoms with Crippen LogP contribution in [0.2, 0.25) is 5.02 Å². The molecule has 1 N–H and O–H groups in total. The van der Waals surface area contributed by atoms with E-state index >= 15 is 0 Å². The zero-order valence-electron chi connectivity index (χ0n) is 9.00. The van der Waals surface area contributed by atoms with Crippen LogP contribution in [0.15, 0.2) is 40.9 Å². The first kappa shape index (κ1) is 13.5. The fourth-order valence-corrected chi connectivity index (χ4v) is 2.43. The second-order valence-corrected chi connectivity index (χ2v) is 4.97. The fraction of sp³-hybridized carbons (Fsp3) is 0.0769. The Morgan fingerprint density at radius 2 is 1.89 bits per heavy atom. The Labute approximate surface area is 116 Å². The Balaban J connectivity index is 2.54. The van der Waals surface area contributed by atoms with E-state index in [1.807, 2.05) is 0 Å². The highest BCUT2D eigenvalue weighted by atomic mass is 79.9. The lowest BCUT2D eigenvalue weighted by atomic mass is 10.0. The molecule has 1 atom stereocenters. The maximum Gasteiger partial charge on any atom is 0.130 e. The smallest absolute Gasteiger partial charge is 0.130 e. The van der Waals surface area contributed by atoms with Gasteiger partial charge < -0.3 is 5.11 Å². The molecule has 94 valence electrons. The van der Waals surface area contributed by atoms with E-state index in [1.54, 1.807) is 6.07 Å². The van der Waals surface area contributed by atoms with Gasteiger partial charge >= 0.3 is 0 Å². The van der Waals surface area contributed by atoms with E-state index in [0.29, 0.717) is 4.47 Å². The van der Waals surface area contributed by atoms with E-state index in [9.17, 15) is 13.9 Å². The minimum Gasteiger partial charge on any atom is -0.383 e. The molecule has 1 unspecified atom stereocenters. The first-order valence-corrected chi connectivity index (χ1v) is 6.24. The van der Waals surface area contributed by atoms with Gasteiger partial charge in [-0.3, -0.25) is 0 Å². The van der Waals surface area contributed by atoms with Crippen molar-refractivity contribution in [1.82, 2.24) is 0 Å². The van der Waals surface area contributed by atoms with Gasteiger partial charge in [0.1, 0.15) is 17.7 Å². The lowest BCUT2D eigenvalue weighted by Crippen LogP contribution is -2.05. The van der Waals surface area contributed by atoms with Crippen LogP contribution in [-0.2, 0) is 0 Å². The summed E-state index contributed by atoms with van der Waals surface area (Å²) in [6.07, 6.45) is -1.33. The Morgan fingerprint density at radius 1 is 1.17 bits per heavy atom. The van der Waals surface area contributed by atoms with Crippen molar-refractivity contribution in [3.05, 3.63) is 68.7 Å². The van der Waals surface area contributed by atoms with Crippen LogP contribution >= 0.6 is 27.5 Å². The maximum absolute atomic E-state index is 13.7. The van der Waals surface area contributed by atoms with Gasteiger partial charge in [0.15, 0.2) is 0 Å². The first-order chi connectivity index (χ1) is 8.50. The summed E-state index contributed by atoms with van der Waals surface area (Å²) < 4.78 is 27.2. The summed E-state index contributed by atoms with van der Waals surface area (Å²) in [4.78, 5) is 0. The number of benzene rings is 2. The molecule has 2 rings (SSSR count). The van der Waals surface area contributed by atoms with Gasteiger partial charge in [0.2, 0.25) is 0 Å². The average molecular weight is 334 g/mol. The lowest BCUT2D eigenvalue weighted by Gasteiger charge is -2.15. The molecular formula is C13H8BrClF2O. The van der Waals surface area contributed by atoms with Crippen molar-refractivity contribution in [2.24, 2.45) is 0 Å². The molecule has 0 saturated heterocycles. The van der Waals surface area contributed by atoms with Crippen molar-refractivity contribution in [3.63, 3.8) is 0 Å². The molecule has 0 fully saturated rings. The van der Waals surface area contributed by atoms with Crippen LogP contribution in [0, 0.1) is 11.6 Å². The van der Waals surface area contributed by atoms with Gasteiger partial charge in [-0.2, -0.15) is 0 Å². The van der Waals surface area contributed by atoms with Crippen molar-refractivity contribution < 1.29 is 13.9 Å². The highest BCUT2D eigenvalue weighted by Crippen LogP contribution is 2.34. The number of hydrogen-bond acceptors (Lipinski definition) is 1. The molecule has 2 aromatic rings. The van der Waals surface area contributed by atoms with Crippen molar-refractivity contribution in [2.45, 2.75) is 6.10 Å². The maximum atomic E-state index is 13.7. The highest BCUT2D eigenvalue weighted by Gasteiger charge is 2.20. The number of aliphatic hydroxyl groups is 1. The molecule has 0 spiro atoms. The Hall–Kier alpha value is -0.970. The Bertz CT molecular complexity index is 569. The van der Waals surface area contributed by atoms with Crippen LogP contribution in [0.4, 0.5) is 8.78 Å². The number of rotatable bonds is 2. The molecule has 0 aromatic heterocycles. The van der Waals surface area contributed by atoms with Crippen molar-refractivity contribution in [1.29, 1.82) is 0 Å². The van der Waals surface area contributed by atoms with Crippen molar-refractivity contribution >= 4 is 27.5 Å². The quantitative estimate of drug-likeness (QED) is 0.860. The van der Waals surface area contributed by atoms with Crippen LogP contribution in [0.5, 0.6) is 0 Å². The Kier molecular flexibility index (Phi) is 4.00. The van der Waals surface area contributed by atoms with Gasteiger partial charge in [0, 0.05) is 20.6 Å². The number of aliphatic hydroxyl groups excluding tert-OH is 1. The van der Waals surface area contributed by atoms with Crippen LogP contribution < -0.4 is 0 Å². The van der Waals surface area contributed by atoms with E-state index in [-0.39, 0.29) is 16.1 Å². The van der Waals surface area contributed by atoms with Gasteiger partial charge in [-0.25, -0.2) is 8.78 Å².